The molecule has 1 aliphatic rings. The predicted molar refractivity (Wildman–Crippen MR) is 114 cm³/mol. The van der Waals surface area contributed by atoms with Gasteiger partial charge >= 0.3 is 11.9 Å². The van der Waals surface area contributed by atoms with Crippen LogP contribution in [0.2, 0.25) is 10.0 Å². The fourth-order valence-corrected chi connectivity index (χ4v) is 3.42. The third kappa shape index (κ3) is 5.00. The molecule has 0 saturated carbocycles. The topological polar surface area (TPSA) is 86.6 Å². The SMILES string of the molecule is O=C(O)C1=CCC(Nc2ccc(CCc3ccc(Cl)c(Cl)c3)cc2)(C(=O)O)C=C1. The second-order valence-electron chi connectivity index (χ2n) is 6.85. The normalized spacial score (nSPS) is 18.2. The number of rotatable bonds is 7. The van der Waals surface area contributed by atoms with E-state index in [1.165, 1.54) is 18.2 Å². The largest absolute Gasteiger partial charge is 0.479 e. The number of halogens is 2. The van der Waals surface area contributed by atoms with Gasteiger partial charge in [-0.1, -0.05) is 47.5 Å². The monoisotopic (exact) mass is 431 g/mol. The molecule has 29 heavy (non-hydrogen) atoms. The number of carboxylic acids is 2. The van der Waals surface area contributed by atoms with Crippen LogP contribution < -0.4 is 5.32 Å². The highest BCUT2D eigenvalue weighted by molar-refractivity contribution is 6.42. The Morgan fingerprint density at radius 2 is 1.62 bits per heavy atom. The van der Waals surface area contributed by atoms with Crippen LogP contribution in [-0.2, 0) is 22.4 Å². The molecule has 150 valence electrons. The van der Waals surface area contributed by atoms with Crippen molar-refractivity contribution in [3.63, 3.8) is 0 Å². The second kappa shape index (κ2) is 8.72. The number of benzene rings is 2. The first kappa shape index (κ1) is 21.0. The van der Waals surface area contributed by atoms with Crippen molar-refractivity contribution < 1.29 is 19.8 Å². The molecule has 7 heteroatoms. The van der Waals surface area contributed by atoms with E-state index in [0.29, 0.717) is 15.7 Å². The summed E-state index contributed by atoms with van der Waals surface area (Å²) in [6, 6.07) is 13.1. The predicted octanol–water partition coefficient (Wildman–Crippen LogP) is 4.98. The summed E-state index contributed by atoms with van der Waals surface area (Å²) in [5, 5.41) is 22.8. The molecule has 2 aromatic carbocycles. The van der Waals surface area contributed by atoms with E-state index >= 15 is 0 Å². The first-order chi connectivity index (χ1) is 13.8. The zero-order chi connectivity index (χ0) is 21.0. The van der Waals surface area contributed by atoms with Gasteiger partial charge in [0.25, 0.3) is 0 Å². The Labute approximate surface area is 178 Å². The standard InChI is InChI=1S/C22H19Cl2NO4/c23-18-8-5-15(13-19(18)24)2-1-14-3-6-17(7-4-14)25-22(21(28)29)11-9-16(10-12-22)20(26)27/h3-11,13,25H,1-2,12H2,(H,26,27)(H,28,29). The molecular weight excluding hydrogens is 413 g/mol. The molecule has 0 amide bonds. The third-order valence-corrected chi connectivity index (χ3v) is 5.57. The summed E-state index contributed by atoms with van der Waals surface area (Å²) in [6.07, 6.45) is 5.76. The van der Waals surface area contributed by atoms with Crippen molar-refractivity contribution in [2.24, 2.45) is 0 Å². The minimum absolute atomic E-state index is 0.0412. The van der Waals surface area contributed by atoms with Gasteiger partial charge in [0, 0.05) is 12.1 Å². The van der Waals surface area contributed by atoms with Crippen molar-refractivity contribution in [3.05, 3.63) is 87.4 Å². The number of aryl methyl sites for hydroxylation is 2. The van der Waals surface area contributed by atoms with Gasteiger partial charge in [0.1, 0.15) is 0 Å². The zero-order valence-electron chi connectivity index (χ0n) is 15.4. The molecule has 5 nitrogen and oxygen atoms in total. The molecular formula is C22H19Cl2NO4. The van der Waals surface area contributed by atoms with Crippen LogP contribution in [0.15, 0.2) is 66.3 Å². The Bertz CT molecular complexity index is 998. The van der Waals surface area contributed by atoms with Crippen LogP contribution in [0.4, 0.5) is 5.69 Å². The maximum Gasteiger partial charge on any atom is 0.335 e. The first-order valence-electron chi connectivity index (χ1n) is 8.96. The van der Waals surface area contributed by atoms with Crippen molar-refractivity contribution >= 4 is 40.8 Å². The Morgan fingerprint density at radius 3 is 2.17 bits per heavy atom. The van der Waals surface area contributed by atoms with Crippen LogP contribution in [0.5, 0.6) is 0 Å². The highest BCUT2D eigenvalue weighted by Crippen LogP contribution is 2.27. The van der Waals surface area contributed by atoms with Gasteiger partial charge in [-0.2, -0.15) is 0 Å². The Kier molecular flexibility index (Phi) is 6.30. The molecule has 0 bridgehead atoms. The van der Waals surface area contributed by atoms with Crippen LogP contribution in [0.3, 0.4) is 0 Å². The molecule has 0 saturated heterocycles. The summed E-state index contributed by atoms with van der Waals surface area (Å²) in [5.41, 5.74) is 1.53. The molecule has 0 heterocycles. The second-order valence-corrected chi connectivity index (χ2v) is 7.66. The molecule has 1 atom stereocenters. The molecule has 0 radical (unpaired) electrons. The number of aliphatic carboxylic acids is 2. The minimum Gasteiger partial charge on any atom is -0.479 e. The fraction of sp³-hybridized carbons (Fsp3) is 0.182. The van der Waals surface area contributed by atoms with Crippen LogP contribution in [-0.4, -0.2) is 27.7 Å². The van der Waals surface area contributed by atoms with Gasteiger partial charge in [-0.3, -0.25) is 0 Å². The molecule has 0 spiro atoms. The average molecular weight is 432 g/mol. The maximum atomic E-state index is 11.8. The van der Waals surface area contributed by atoms with Crippen LogP contribution >= 0.6 is 23.2 Å². The Morgan fingerprint density at radius 1 is 0.966 bits per heavy atom. The lowest BCUT2D eigenvalue weighted by molar-refractivity contribution is -0.140. The number of carboxylic acid groups (broad SMARTS) is 2. The van der Waals surface area contributed by atoms with Crippen molar-refractivity contribution in [3.8, 4) is 0 Å². The molecule has 0 aliphatic heterocycles. The number of anilines is 1. The third-order valence-electron chi connectivity index (χ3n) is 4.83. The van der Waals surface area contributed by atoms with Crippen LogP contribution in [0.1, 0.15) is 17.5 Å². The van der Waals surface area contributed by atoms with Gasteiger partial charge in [0.2, 0.25) is 0 Å². The summed E-state index contributed by atoms with van der Waals surface area (Å²) in [4.78, 5) is 22.9. The van der Waals surface area contributed by atoms with E-state index < -0.39 is 17.5 Å². The van der Waals surface area contributed by atoms with Gasteiger partial charge in [0.05, 0.1) is 15.6 Å². The summed E-state index contributed by atoms with van der Waals surface area (Å²) in [6.45, 7) is 0. The van der Waals surface area contributed by atoms with Crippen LogP contribution in [0, 0.1) is 0 Å². The summed E-state index contributed by atoms with van der Waals surface area (Å²) < 4.78 is 0. The van der Waals surface area contributed by atoms with E-state index in [0.717, 1.165) is 24.0 Å². The first-order valence-corrected chi connectivity index (χ1v) is 9.72. The number of carbonyl (C=O) groups is 2. The van der Waals surface area contributed by atoms with E-state index in [9.17, 15) is 14.7 Å². The molecule has 1 aliphatic carbocycles. The van der Waals surface area contributed by atoms with Crippen LogP contribution in [0.25, 0.3) is 0 Å². The number of hydrogen-bond donors (Lipinski definition) is 3. The molecule has 3 N–H and O–H groups in total. The van der Waals surface area contributed by atoms with Gasteiger partial charge in [0.15, 0.2) is 5.54 Å². The molecule has 0 aromatic heterocycles. The highest BCUT2D eigenvalue weighted by atomic mass is 35.5. The van der Waals surface area contributed by atoms with E-state index in [2.05, 4.69) is 5.32 Å². The lowest BCUT2D eigenvalue weighted by Crippen LogP contribution is -2.45. The average Bonchev–Trinajstić information content (AvgIpc) is 2.70. The summed E-state index contributed by atoms with van der Waals surface area (Å²) >= 11 is 12.0. The lowest BCUT2D eigenvalue weighted by Gasteiger charge is -2.29. The minimum atomic E-state index is -1.37. The van der Waals surface area contributed by atoms with Crippen molar-refractivity contribution in [2.75, 3.05) is 5.32 Å². The Hall–Kier alpha value is -2.76. The van der Waals surface area contributed by atoms with E-state index in [1.54, 1.807) is 6.07 Å². The summed E-state index contributed by atoms with van der Waals surface area (Å²) in [7, 11) is 0. The van der Waals surface area contributed by atoms with Gasteiger partial charge < -0.3 is 15.5 Å². The van der Waals surface area contributed by atoms with Crippen molar-refractivity contribution in [1.82, 2.24) is 0 Å². The highest BCUT2D eigenvalue weighted by Gasteiger charge is 2.37. The van der Waals surface area contributed by atoms with Gasteiger partial charge in [-0.05, 0) is 60.4 Å². The summed E-state index contributed by atoms with van der Waals surface area (Å²) in [5.74, 6) is -2.15. The number of hydrogen-bond acceptors (Lipinski definition) is 3. The maximum absolute atomic E-state index is 11.8. The van der Waals surface area contributed by atoms with Crippen molar-refractivity contribution in [1.29, 1.82) is 0 Å². The quantitative estimate of drug-likeness (QED) is 0.574. The molecule has 1 unspecified atom stereocenters. The van der Waals surface area contributed by atoms with E-state index in [4.69, 9.17) is 28.3 Å². The Balaban J connectivity index is 1.66. The lowest BCUT2D eigenvalue weighted by atomic mass is 9.88. The number of nitrogens with one attached hydrogen (secondary N) is 1. The van der Waals surface area contributed by atoms with E-state index in [-0.39, 0.29) is 12.0 Å². The zero-order valence-corrected chi connectivity index (χ0v) is 16.9. The van der Waals surface area contributed by atoms with Crippen molar-refractivity contribution in [2.45, 2.75) is 24.8 Å². The smallest absolute Gasteiger partial charge is 0.335 e. The van der Waals surface area contributed by atoms with Gasteiger partial charge in [-0.15, -0.1) is 0 Å². The van der Waals surface area contributed by atoms with Gasteiger partial charge in [-0.25, -0.2) is 9.59 Å². The molecule has 3 rings (SSSR count). The molecule has 0 fully saturated rings. The fourth-order valence-electron chi connectivity index (χ4n) is 3.10. The molecule has 2 aromatic rings. The van der Waals surface area contributed by atoms with E-state index in [1.807, 2.05) is 36.4 Å².